The number of carbonyl (C=O) groups excluding carboxylic acids is 1. The number of rotatable bonds is 10. The Hall–Kier alpha value is -0.830. The van der Waals surface area contributed by atoms with Gasteiger partial charge in [-0.05, 0) is 33.5 Å². The summed E-state index contributed by atoms with van der Waals surface area (Å²) in [7, 11) is 4.21. The molecule has 0 saturated heterocycles. The van der Waals surface area contributed by atoms with Crippen molar-refractivity contribution >= 4 is 5.97 Å². The molecule has 0 N–H and O–H groups in total. The Morgan fingerprint density at radius 1 is 1.12 bits per heavy atom. The highest BCUT2D eigenvalue weighted by Gasteiger charge is 1.96. The molecule has 0 bridgehead atoms. The molecule has 0 fully saturated rings. The van der Waals surface area contributed by atoms with E-state index in [2.05, 4.69) is 25.6 Å². The maximum Gasteiger partial charge on any atom is 0.330 e. The monoisotopic (exact) mass is 227 g/mol. The summed E-state index contributed by atoms with van der Waals surface area (Å²) in [5, 5.41) is 0. The summed E-state index contributed by atoms with van der Waals surface area (Å²) in [6, 6.07) is 0. The molecule has 3 nitrogen and oxygen atoms in total. The van der Waals surface area contributed by atoms with Crippen molar-refractivity contribution in [2.75, 3.05) is 27.2 Å². The van der Waals surface area contributed by atoms with Crippen molar-refractivity contribution in [2.24, 2.45) is 0 Å². The quantitative estimate of drug-likeness (QED) is 0.326. The maximum atomic E-state index is 10.7. The van der Waals surface area contributed by atoms with E-state index in [-0.39, 0.29) is 5.97 Å². The van der Waals surface area contributed by atoms with Crippen LogP contribution in [0.5, 0.6) is 0 Å². The third kappa shape index (κ3) is 11.2. The van der Waals surface area contributed by atoms with Crippen LogP contribution in [0.1, 0.15) is 38.5 Å². The Morgan fingerprint density at radius 3 is 2.25 bits per heavy atom. The molecule has 94 valence electrons. The lowest BCUT2D eigenvalue weighted by molar-refractivity contribution is -0.137. The van der Waals surface area contributed by atoms with Crippen molar-refractivity contribution < 1.29 is 9.53 Å². The van der Waals surface area contributed by atoms with E-state index in [0.717, 1.165) is 12.8 Å². The first kappa shape index (κ1) is 15.2. The SMILES string of the molecule is C=CC(=O)OCCCCCCCCN(C)C. The van der Waals surface area contributed by atoms with Crippen LogP contribution in [-0.4, -0.2) is 38.1 Å². The van der Waals surface area contributed by atoms with E-state index in [0.29, 0.717) is 6.61 Å². The number of ether oxygens (including phenoxy) is 1. The highest BCUT2D eigenvalue weighted by molar-refractivity contribution is 5.81. The molecular weight excluding hydrogens is 202 g/mol. The van der Waals surface area contributed by atoms with Gasteiger partial charge in [-0.15, -0.1) is 0 Å². The van der Waals surface area contributed by atoms with Crippen LogP contribution < -0.4 is 0 Å². The molecule has 0 spiro atoms. The maximum absolute atomic E-state index is 10.7. The van der Waals surface area contributed by atoms with E-state index < -0.39 is 0 Å². The van der Waals surface area contributed by atoms with Crippen LogP contribution in [0.2, 0.25) is 0 Å². The molecular formula is C13H25NO2. The summed E-state index contributed by atoms with van der Waals surface area (Å²) in [5.74, 6) is -0.314. The standard InChI is InChI=1S/C13H25NO2/c1-4-13(15)16-12-10-8-6-5-7-9-11-14(2)3/h4H,1,5-12H2,2-3H3. The molecule has 0 aromatic heterocycles. The van der Waals surface area contributed by atoms with E-state index in [1.807, 2.05) is 0 Å². The van der Waals surface area contributed by atoms with Gasteiger partial charge in [0.25, 0.3) is 0 Å². The average Bonchev–Trinajstić information content (AvgIpc) is 2.26. The molecule has 0 unspecified atom stereocenters. The zero-order chi connectivity index (χ0) is 12.2. The van der Waals surface area contributed by atoms with Gasteiger partial charge >= 0.3 is 5.97 Å². The third-order valence-corrected chi connectivity index (χ3v) is 2.41. The van der Waals surface area contributed by atoms with Gasteiger partial charge in [-0.1, -0.05) is 32.3 Å². The minimum Gasteiger partial charge on any atom is -0.463 e. The molecule has 0 aliphatic heterocycles. The van der Waals surface area contributed by atoms with E-state index in [1.54, 1.807) is 0 Å². The molecule has 0 aromatic rings. The Morgan fingerprint density at radius 2 is 1.69 bits per heavy atom. The molecule has 16 heavy (non-hydrogen) atoms. The van der Waals surface area contributed by atoms with E-state index >= 15 is 0 Å². The molecule has 0 heterocycles. The van der Waals surface area contributed by atoms with Crippen LogP contribution in [0, 0.1) is 0 Å². The Balaban J connectivity index is 3.04. The number of hydrogen-bond acceptors (Lipinski definition) is 3. The summed E-state index contributed by atoms with van der Waals surface area (Å²) in [4.78, 5) is 12.9. The van der Waals surface area contributed by atoms with Gasteiger partial charge < -0.3 is 9.64 Å². The minimum absolute atomic E-state index is 0.314. The summed E-state index contributed by atoms with van der Waals surface area (Å²) in [6.07, 6.45) is 8.41. The van der Waals surface area contributed by atoms with Crippen molar-refractivity contribution in [2.45, 2.75) is 38.5 Å². The first-order valence-corrected chi connectivity index (χ1v) is 6.10. The normalized spacial score (nSPS) is 10.4. The van der Waals surface area contributed by atoms with Gasteiger partial charge in [0.2, 0.25) is 0 Å². The highest BCUT2D eigenvalue weighted by Crippen LogP contribution is 2.05. The predicted octanol–water partition coefficient (Wildman–Crippen LogP) is 2.62. The van der Waals surface area contributed by atoms with Crippen LogP contribution in [-0.2, 0) is 9.53 Å². The second-order valence-corrected chi connectivity index (χ2v) is 4.30. The van der Waals surface area contributed by atoms with E-state index in [9.17, 15) is 4.79 Å². The van der Waals surface area contributed by atoms with Gasteiger partial charge in [-0.2, -0.15) is 0 Å². The van der Waals surface area contributed by atoms with Crippen LogP contribution >= 0.6 is 0 Å². The lowest BCUT2D eigenvalue weighted by Gasteiger charge is -2.08. The Labute approximate surface area is 99.5 Å². The molecule has 0 amide bonds. The lowest BCUT2D eigenvalue weighted by atomic mass is 10.1. The zero-order valence-corrected chi connectivity index (χ0v) is 10.7. The largest absolute Gasteiger partial charge is 0.463 e. The highest BCUT2D eigenvalue weighted by atomic mass is 16.5. The second-order valence-electron chi connectivity index (χ2n) is 4.30. The van der Waals surface area contributed by atoms with Gasteiger partial charge in [0.05, 0.1) is 6.61 Å². The molecule has 0 atom stereocenters. The molecule has 0 aliphatic rings. The topological polar surface area (TPSA) is 29.5 Å². The van der Waals surface area contributed by atoms with Crippen molar-refractivity contribution in [3.05, 3.63) is 12.7 Å². The third-order valence-electron chi connectivity index (χ3n) is 2.41. The Kier molecular flexibility index (Phi) is 10.1. The van der Waals surface area contributed by atoms with Crippen LogP contribution in [0.25, 0.3) is 0 Å². The van der Waals surface area contributed by atoms with E-state index in [4.69, 9.17) is 4.74 Å². The lowest BCUT2D eigenvalue weighted by Crippen LogP contribution is -2.12. The molecule has 0 saturated carbocycles. The number of carbonyl (C=O) groups is 1. The smallest absolute Gasteiger partial charge is 0.330 e. The molecule has 0 aromatic carbocycles. The van der Waals surface area contributed by atoms with Gasteiger partial charge in [-0.25, -0.2) is 4.79 Å². The molecule has 0 rings (SSSR count). The first-order valence-electron chi connectivity index (χ1n) is 6.10. The van der Waals surface area contributed by atoms with Gasteiger partial charge in [0.1, 0.15) is 0 Å². The first-order chi connectivity index (χ1) is 7.66. The summed E-state index contributed by atoms with van der Waals surface area (Å²) in [6.45, 7) is 5.05. The second kappa shape index (κ2) is 10.7. The molecule has 0 aliphatic carbocycles. The average molecular weight is 227 g/mol. The fraction of sp³-hybridized carbons (Fsp3) is 0.769. The summed E-state index contributed by atoms with van der Waals surface area (Å²) in [5.41, 5.74) is 0. The zero-order valence-electron chi connectivity index (χ0n) is 10.7. The van der Waals surface area contributed by atoms with Crippen LogP contribution in [0.15, 0.2) is 12.7 Å². The number of hydrogen-bond donors (Lipinski definition) is 0. The van der Waals surface area contributed by atoms with Crippen molar-refractivity contribution in [3.63, 3.8) is 0 Å². The van der Waals surface area contributed by atoms with Crippen molar-refractivity contribution in [3.8, 4) is 0 Å². The Bertz CT molecular complexity index is 190. The predicted molar refractivity (Wildman–Crippen MR) is 67.4 cm³/mol. The van der Waals surface area contributed by atoms with Crippen LogP contribution in [0.3, 0.4) is 0 Å². The van der Waals surface area contributed by atoms with E-state index in [1.165, 1.54) is 38.3 Å². The van der Waals surface area contributed by atoms with Gasteiger partial charge in [-0.3, -0.25) is 0 Å². The molecule has 3 heteroatoms. The summed E-state index contributed by atoms with van der Waals surface area (Å²) < 4.78 is 4.89. The fourth-order valence-electron chi connectivity index (χ4n) is 1.47. The molecule has 0 radical (unpaired) electrons. The van der Waals surface area contributed by atoms with Crippen LogP contribution in [0.4, 0.5) is 0 Å². The fourth-order valence-corrected chi connectivity index (χ4v) is 1.47. The summed E-state index contributed by atoms with van der Waals surface area (Å²) >= 11 is 0. The van der Waals surface area contributed by atoms with Crippen molar-refractivity contribution in [1.29, 1.82) is 0 Å². The number of esters is 1. The van der Waals surface area contributed by atoms with Gasteiger partial charge in [0, 0.05) is 6.08 Å². The van der Waals surface area contributed by atoms with Crippen molar-refractivity contribution in [1.82, 2.24) is 4.90 Å². The minimum atomic E-state index is -0.314. The van der Waals surface area contributed by atoms with Gasteiger partial charge in [0.15, 0.2) is 0 Å². The number of nitrogens with zero attached hydrogens (tertiary/aromatic N) is 1. The number of unbranched alkanes of at least 4 members (excludes halogenated alkanes) is 5.